The summed E-state index contributed by atoms with van der Waals surface area (Å²) >= 11 is 0. The van der Waals surface area contributed by atoms with E-state index < -0.39 is 11.7 Å². The van der Waals surface area contributed by atoms with Gasteiger partial charge in [0.15, 0.2) is 0 Å². The van der Waals surface area contributed by atoms with Crippen LogP contribution in [-0.4, -0.2) is 41.3 Å². The van der Waals surface area contributed by atoms with Crippen LogP contribution in [0.5, 0.6) is 0 Å². The molecule has 1 fully saturated rings. The third-order valence-corrected chi connectivity index (χ3v) is 5.38. The molecule has 5 nitrogen and oxygen atoms in total. The fraction of sp³-hybridized carbons (Fsp3) is 0.435. The number of carbonyl (C=O) groups is 2. The summed E-state index contributed by atoms with van der Waals surface area (Å²) in [5, 5.41) is 2.53. The monoisotopic (exact) mass is 433 g/mol. The number of rotatable bonds is 5. The molecule has 0 aliphatic carbocycles. The van der Waals surface area contributed by atoms with Crippen LogP contribution in [0.4, 0.5) is 13.2 Å². The van der Waals surface area contributed by atoms with E-state index in [0.717, 1.165) is 35.9 Å². The first-order valence-electron chi connectivity index (χ1n) is 10.3. The Kier molecular flexibility index (Phi) is 6.97. The van der Waals surface area contributed by atoms with Crippen molar-refractivity contribution in [2.24, 2.45) is 0 Å². The normalized spacial score (nSPS) is 16.8. The maximum Gasteiger partial charge on any atom is 0.416 e. The minimum atomic E-state index is -4.37. The van der Waals surface area contributed by atoms with Crippen molar-refractivity contribution in [2.45, 2.75) is 45.2 Å². The molecule has 0 saturated carbocycles. The Morgan fingerprint density at radius 3 is 2.68 bits per heavy atom. The zero-order chi connectivity index (χ0) is 22.6. The molecule has 2 aromatic rings. The van der Waals surface area contributed by atoms with Crippen LogP contribution in [0.3, 0.4) is 0 Å². The van der Waals surface area contributed by atoms with Crippen LogP contribution in [0.15, 0.2) is 36.4 Å². The number of likely N-dealkylation sites (tertiary alicyclic amines) is 1. The van der Waals surface area contributed by atoms with Crippen molar-refractivity contribution in [3.8, 4) is 0 Å². The Morgan fingerprint density at radius 1 is 1.19 bits per heavy atom. The Morgan fingerprint density at radius 2 is 1.97 bits per heavy atom. The van der Waals surface area contributed by atoms with Crippen LogP contribution in [-0.2, 0) is 22.2 Å². The van der Waals surface area contributed by atoms with Gasteiger partial charge in [0.25, 0.3) is 0 Å². The second kappa shape index (κ2) is 9.49. The van der Waals surface area contributed by atoms with E-state index in [9.17, 15) is 22.8 Å². The van der Waals surface area contributed by atoms with Crippen molar-refractivity contribution in [3.63, 3.8) is 0 Å². The van der Waals surface area contributed by atoms with Gasteiger partial charge in [-0.2, -0.15) is 13.2 Å². The second-order valence-corrected chi connectivity index (χ2v) is 8.01. The molecule has 1 N–H and O–H groups in total. The molecule has 0 spiro atoms. The lowest BCUT2D eigenvalue weighted by Crippen LogP contribution is -2.44. The number of hydrogen-bond donors (Lipinski definition) is 1. The third-order valence-electron chi connectivity index (χ3n) is 5.38. The van der Waals surface area contributed by atoms with Gasteiger partial charge in [-0.3, -0.25) is 14.6 Å². The number of aryl methyl sites for hydroxylation is 1. The van der Waals surface area contributed by atoms with E-state index >= 15 is 0 Å². The molecule has 1 aromatic heterocycles. The van der Waals surface area contributed by atoms with Crippen LogP contribution >= 0.6 is 0 Å². The van der Waals surface area contributed by atoms with Gasteiger partial charge in [-0.05, 0) is 55.5 Å². The zero-order valence-electron chi connectivity index (χ0n) is 17.6. The predicted molar refractivity (Wildman–Crippen MR) is 110 cm³/mol. The lowest BCUT2D eigenvalue weighted by molar-refractivity contribution is -0.137. The quantitative estimate of drug-likeness (QED) is 0.779. The highest BCUT2D eigenvalue weighted by Crippen LogP contribution is 2.31. The van der Waals surface area contributed by atoms with Crippen LogP contribution in [0.2, 0.25) is 0 Å². The van der Waals surface area contributed by atoms with Gasteiger partial charge in [-0.1, -0.05) is 18.2 Å². The SMILES string of the molecule is CC(=O)NCC(=O)N1CCCC(c2cc(Cc3cccc(C(F)(F)F)c3)cc(C)n2)C1. The third kappa shape index (κ3) is 6.29. The minimum Gasteiger partial charge on any atom is -0.347 e. The van der Waals surface area contributed by atoms with Gasteiger partial charge in [0.2, 0.25) is 11.8 Å². The van der Waals surface area contributed by atoms with E-state index in [-0.39, 0.29) is 24.3 Å². The molecule has 166 valence electrons. The molecule has 1 aliphatic rings. The van der Waals surface area contributed by atoms with Gasteiger partial charge < -0.3 is 10.2 Å². The number of alkyl halides is 3. The van der Waals surface area contributed by atoms with Crippen molar-refractivity contribution >= 4 is 11.8 Å². The van der Waals surface area contributed by atoms with Crippen LogP contribution in [0, 0.1) is 6.92 Å². The number of pyridine rings is 1. The number of hydrogen-bond acceptors (Lipinski definition) is 3. The van der Waals surface area contributed by atoms with Gasteiger partial charge in [0.1, 0.15) is 0 Å². The van der Waals surface area contributed by atoms with Gasteiger partial charge >= 0.3 is 6.18 Å². The molecular formula is C23H26F3N3O2. The van der Waals surface area contributed by atoms with E-state index in [1.807, 2.05) is 19.1 Å². The molecule has 31 heavy (non-hydrogen) atoms. The molecule has 0 radical (unpaired) electrons. The number of piperidine rings is 1. The Hall–Kier alpha value is -2.90. The van der Waals surface area contributed by atoms with E-state index in [1.54, 1.807) is 11.0 Å². The van der Waals surface area contributed by atoms with E-state index in [4.69, 9.17) is 0 Å². The van der Waals surface area contributed by atoms with Crippen LogP contribution < -0.4 is 5.32 Å². The fourth-order valence-electron chi connectivity index (χ4n) is 3.93. The molecule has 8 heteroatoms. The summed E-state index contributed by atoms with van der Waals surface area (Å²) in [7, 11) is 0. The standard InChI is InChI=1S/C23H26F3N3O2/c1-15-9-18(10-17-5-3-7-20(11-17)23(24,25)26)12-21(28-15)19-6-4-8-29(14-19)22(31)13-27-16(2)30/h3,5,7,9,11-12,19H,4,6,8,10,13-14H2,1-2H3,(H,27,30). The minimum absolute atomic E-state index is 0.0237. The van der Waals surface area contributed by atoms with Gasteiger partial charge in [-0.15, -0.1) is 0 Å². The highest BCUT2D eigenvalue weighted by atomic mass is 19.4. The molecule has 2 amide bonds. The molecule has 1 atom stereocenters. The van der Waals surface area contributed by atoms with Gasteiger partial charge in [-0.25, -0.2) is 0 Å². The lowest BCUT2D eigenvalue weighted by Gasteiger charge is -2.33. The smallest absolute Gasteiger partial charge is 0.347 e. The number of benzene rings is 1. The van der Waals surface area contributed by atoms with E-state index in [0.29, 0.717) is 25.1 Å². The van der Waals surface area contributed by atoms with Crippen molar-refractivity contribution in [3.05, 3.63) is 64.5 Å². The van der Waals surface area contributed by atoms with Gasteiger partial charge in [0, 0.05) is 37.3 Å². The molecule has 1 aliphatic heterocycles. The van der Waals surface area contributed by atoms with Crippen molar-refractivity contribution in [2.75, 3.05) is 19.6 Å². The average Bonchev–Trinajstić information content (AvgIpc) is 2.71. The summed E-state index contributed by atoms with van der Waals surface area (Å²) in [6.45, 7) is 4.36. The van der Waals surface area contributed by atoms with Gasteiger partial charge in [0.05, 0.1) is 12.1 Å². The molecule has 2 heterocycles. The second-order valence-electron chi connectivity index (χ2n) is 8.01. The van der Waals surface area contributed by atoms with Crippen molar-refractivity contribution in [1.29, 1.82) is 0 Å². The summed E-state index contributed by atoms with van der Waals surface area (Å²) < 4.78 is 39.0. The first kappa shape index (κ1) is 22.8. The molecule has 3 rings (SSSR count). The zero-order valence-corrected chi connectivity index (χ0v) is 17.6. The average molecular weight is 433 g/mol. The molecular weight excluding hydrogens is 407 g/mol. The molecule has 1 aromatic carbocycles. The maximum atomic E-state index is 13.0. The van der Waals surface area contributed by atoms with Crippen molar-refractivity contribution in [1.82, 2.24) is 15.2 Å². The lowest BCUT2D eigenvalue weighted by atomic mass is 9.92. The number of aromatic nitrogens is 1. The van der Waals surface area contributed by atoms with Crippen molar-refractivity contribution < 1.29 is 22.8 Å². The molecule has 1 saturated heterocycles. The Labute approximate surface area is 179 Å². The first-order chi connectivity index (χ1) is 14.6. The van der Waals surface area contributed by atoms with Crippen LogP contribution in [0.1, 0.15) is 53.8 Å². The summed E-state index contributed by atoms with van der Waals surface area (Å²) in [5.74, 6) is -0.326. The summed E-state index contributed by atoms with van der Waals surface area (Å²) in [6.07, 6.45) is -2.29. The Balaban J connectivity index is 1.75. The number of amides is 2. The number of carbonyl (C=O) groups excluding carboxylic acids is 2. The predicted octanol–water partition coefficient (Wildman–Crippen LogP) is 3.84. The highest BCUT2D eigenvalue weighted by Gasteiger charge is 2.30. The fourth-order valence-corrected chi connectivity index (χ4v) is 3.93. The van der Waals surface area contributed by atoms with Crippen LogP contribution in [0.25, 0.3) is 0 Å². The topological polar surface area (TPSA) is 62.3 Å². The van der Waals surface area contributed by atoms with E-state index in [2.05, 4.69) is 10.3 Å². The van der Waals surface area contributed by atoms with E-state index in [1.165, 1.54) is 19.1 Å². The Bertz CT molecular complexity index is 959. The summed E-state index contributed by atoms with van der Waals surface area (Å²) in [4.78, 5) is 29.8. The maximum absolute atomic E-state index is 13.0. The summed E-state index contributed by atoms with van der Waals surface area (Å²) in [6, 6.07) is 9.17. The summed E-state index contributed by atoms with van der Waals surface area (Å²) in [5.41, 5.74) is 2.46. The number of halogens is 3. The molecule has 1 unspecified atom stereocenters. The first-order valence-corrected chi connectivity index (χ1v) is 10.3. The molecule has 0 bridgehead atoms. The largest absolute Gasteiger partial charge is 0.416 e. The number of nitrogens with one attached hydrogen (secondary N) is 1. The number of nitrogens with zero attached hydrogens (tertiary/aromatic N) is 2. The highest BCUT2D eigenvalue weighted by molar-refractivity contribution is 5.83.